The number of rotatable bonds is 8. The van der Waals surface area contributed by atoms with Gasteiger partial charge in [-0.2, -0.15) is 0 Å². The SMILES string of the molecule is CCOC(Cc1ccc(OC/C=C2/c3ccccc3-c3cc(C)ccc32)cc1)C(=O)O. The molecule has 0 spiro atoms. The van der Waals surface area contributed by atoms with E-state index in [0.717, 1.165) is 11.3 Å². The molecule has 1 aliphatic rings. The van der Waals surface area contributed by atoms with Crippen molar-refractivity contribution in [3.63, 3.8) is 0 Å². The second kappa shape index (κ2) is 9.19. The van der Waals surface area contributed by atoms with Crippen molar-refractivity contribution in [1.82, 2.24) is 0 Å². The fourth-order valence-electron chi connectivity index (χ4n) is 4.01. The molecule has 1 aliphatic carbocycles. The van der Waals surface area contributed by atoms with Gasteiger partial charge >= 0.3 is 5.97 Å². The number of benzene rings is 3. The number of hydrogen-bond acceptors (Lipinski definition) is 3. The summed E-state index contributed by atoms with van der Waals surface area (Å²) in [5, 5.41) is 9.24. The quantitative estimate of drug-likeness (QED) is 0.413. The van der Waals surface area contributed by atoms with Crippen LogP contribution in [0.1, 0.15) is 29.2 Å². The van der Waals surface area contributed by atoms with Gasteiger partial charge in [0.1, 0.15) is 12.4 Å². The second-order valence-electron chi connectivity index (χ2n) is 7.65. The summed E-state index contributed by atoms with van der Waals surface area (Å²) in [6.07, 6.45) is 1.64. The van der Waals surface area contributed by atoms with Crippen molar-refractivity contribution in [2.45, 2.75) is 26.4 Å². The van der Waals surface area contributed by atoms with E-state index in [1.165, 1.54) is 33.4 Å². The summed E-state index contributed by atoms with van der Waals surface area (Å²) in [7, 11) is 0. The van der Waals surface area contributed by atoms with Crippen LogP contribution in [0.3, 0.4) is 0 Å². The fourth-order valence-corrected chi connectivity index (χ4v) is 4.01. The first kappa shape index (κ1) is 20.9. The molecule has 0 bridgehead atoms. The molecular weight excluding hydrogens is 388 g/mol. The largest absolute Gasteiger partial charge is 0.490 e. The summed E-state index contributed by atoms with van der Waals surface area (Å²) in [5.41, 5.74) is 8.36. The lowest BCUT2D eigenvalue weighted by Crippen LogP contribution is -2.26. The van der Waals surface area contributed by atoms with Crippen LogP contribution in [-0.2, 0) is 16.0 Å². The maximum Gasteiger partial charge on any atom is 0.333 e. The molecule has 0 fully saturated rings. The van der Waals surface area contributed by atoms with Gasteiger partial charge in [-0.05, 0) is 65.4 Å². The van der Waals surface area contributed by atoms with E-state index >= 15 is 0 Å². The summed E-state index contributed by atoms with van der Waals surface area (Å²) in [6.45, 7) is 4.74. The molecule has 1 N–H and O–H groups in total. The molecule has 4 nitrogen and oxygen atoms in total. The topological polar surface area (TPSA) is 55.8 Å². The Hall–Kier alpha value is -3.37. The Bertz CT molecular complexity index is 1110. The molecule has 4 heteroatoms. The lowest BCUT2D eigenvalue weighted by molar-refractivity contribution is -0.149. The van der Waals surface area contributed by atoms with Gasteiger partial charge < -0.3 is 14.6 Å². The summed E-state index contributed by atoms with van der Waals surface area (Å²) in [6, 6.07) is 22.6. The zero-order valence-corrected chi connectivity index (χ0v) is 17.8. The third-order valence-electron chi connectivity index (χ3n) is 5.50. The molecule has 0 amide bonds. The van der Waals surface area contributed by atoms with E-state index in [2.05, 4.69) is 55.5 Å². The Morgan fingerprint density at radius 3 is 2.39 bits per heavy atom. The zero-order chi connectivity index (χ0) is 21.8. The Morgan fingerprint density at radius 1 is 0.968 bits per heavy atom. The van der Waals surface area contributed by atoms with E-state index in [0.29, 0.717) is 19.6 Å². The number of aliphatic carboxylic acids is 1. The summed E-state index contributed by atoms with van der Waals surface area (Å²) in [5.74, 6) is -0.194. The van der Waals surface area contributed by atoms with E-state index < -0.39 is 12.1 Å². The van der Waals surface area contributed by atoms with Crippen molar-refractivity contribution in [2.75, 3.05) is 13.2 Å². The van der Waals surface area contributed by atoms with Crippen molar-refractivity contribution in [3.8, 4) is 16.9 Å². The predicted octanol–water partition coefficient (Wildman–Crippen LogP) is 5.52. The van der Waals surface area contributed by atoms with Crippen molar-refractivity contribution in [3.05, 3.63) is 95.1 Å². The molecule has 1 atom stereocenters. The van der Waals surface area contributed by atoms with E-state index in [-0.39, 0.29) is 0 Å². The van der Waals surface area contributed by atoms with Gasteiger partial charge in [0.15, 0.2) is 6.10 Å². The number of fused-ring (bicyclic) bond motifs is 3. The van der Waals surface area contributed by atoms with E-state index in [9.17, 15) is 9.90 Å². The number of aryl methyl sites for hydroxylation is 1. The molecule has 0 saturated heterocycles. The maximum absolute atomic E-state index is 11.3. The highest BCUT2D eigenvalue weighted by molar-refractivity contribution is 6.01. The lowest BCUT2D eigenvalue weighted by Gasteiger charge is -2.12. The molecule has 0 saturated carbocycles. The number of carboxylic acids is 1. The molecule has 0 aliphatic heterocycles. The van der Waals surface area contributed by atoms with Crippen LogP contribution in [0.5, 0.6) is 5.75 Å². The average Bonchev–Trinajstić information content (AvgIpc) is 3.07. The van der Waals surface area contributed by atoms with Crippen LogP contribution in [0.25, 0.3) is 16.7 Å². The molecule has 4 rings (SSSR count). The Labute approximate surface area is 182 Å². The Balaban J connectivity index is 1.46. The number of carboxylic acid groups (broad SMARTS) is 1. The van der Waals surface area contributed by atoms with Gasteiger partial charge in [0.2, 0.25) is 0 Å². The Morgan fingerprint density at radius 2 is 1.68 bits per heavy atom. The highest BCUT2D eigenvalue weighted by Gasteiger charge is 2.22. The van der Waals surface area contributed by atoms with Crippen molar-refractivity contribution < 1.29 is 19.4 Å². The van der Waals surface area contributed by atoms with Crippen LogP contribution >= 0.6 is 0 Å². The highest BCUT2D eigenvalue weighted by atomic mass is 16.5. The molecule has 3 aromatic carbocycles. The number of carbonyl (C=O) groups is 1. The van der Waals surface area contributed by atoms with Crippen molar-refractivity contribution >= 4 is 11.5 Å². The number of hydrogen-bond donors (Lipinski definition) is 1. The minimum atomic E-state index is -0.943. The normalized spacial score (nSPS) is 14.2. The summed E-state index contributed by atoms with van der Waals surface area (Å²) in [4.78, 5) is 11.3. The van der Waals surface area contributed by atoms with Gasteiger partial charge in [-0.1, -0.05) is 60.2 Å². The maximum atomic E-state index is 11.3. The molecular formula is C27H26O4. The first-order valence-electron chi connectivity index (χ1n) is 10.5. The van der Waals surface area contributed by atoms with Crippen LogP contribution in [0.15, 0.2) is 72.8 Å². The summed E-state index contributed by atoms with van der Waals surface area (Å²) >= 11 is 0. The lowest BCUT2D eigenvalue weighted by atomic mass is 10.0. The third-order valence-corrected chi connectivity index (χ3v) is 5.50. The first-order valence-corrected chi connectivity index (χ1v) is 10.5. The van der Waals surface area contributed by atoms with Gasteiger partial charge in [0, 0.05) is 13.0 Å². The minimum Gasteiger partial charge on any atom is -0.490 e. The second-order valence-corrected chi connectivity index (χ2v) is 7.65. The predicted molar refractivity (Wildman–Crippen MR) is 122 cm³/mol. The van der Waals surface area contributed by atoms with Gasteiger partial charge in [-0.15, -0.1) is 0 Å². The minimum absolute atomic E-state index is 0.334. The van der Waals surface area contributed by atoms with Crippen LogP contribution in [0.2, 0.25) is 0 Å². The van der Waals surface area contributed by atoms with Gasteiger partial charge in [-0.3, -0.25) is 0 Å². The van der Waals surface area contributed by atoms with Crippen LogP contribution < -0.4 is 4.74 Å². The summed E-state index contributed by atoms with van der Waals surface area (Å²) < 4.78 is 11.2. The first-order chi connectivity index (χ1) is 15.1. The Kier molecular flexibility index (Phi) is 6.19. The average molecular weight is 415 g/mol. The van der Waals surface area contributed by atoms with Crippen molar-refractivity contribution in [1.29, 1.82) is 0 Å². The third kappa shape index (κ3) is 4.54. The molecule has 0 heterocycles. The highest BCUT2D eigenvalue weighted by Crippen LogP contribution is 2.44. The standard InChI is InChI=1S/C27H26O4/c1-3-30-26(27(28)29)17-19-9-11-20(12-10-19)31-15-14-24-21-6-4-5-7-22(21)25-16-18(2)8-13-23(24)25/h4-14,16,26H,3,15,17H2,1-2H3,(H,28,29)/b24-14-. The molecule has 31 heavy (non-hydrogen) atoms. The smallest absolute Gasteiger partial charge is 0.333 e. The van der Waals surface area contributed by atoms with Crippen LogP contribution in [-0.4, -0.2) is 30.4 Å². The molecule has 1 unspecified atom stereocenters. The van der Waals surface area contributed by atoms with Crippen LogP contribution in [0.4, 0.5) is 0 Å². The monoisotopic (exact) mass is 414 g/mol. The van der Waals surface area contributed by atoms with Gasteiger partial charge in [0.05, 0.1) is 0 Å². The fraction of sp³-hybridized carbons (Fsp3) is 0.222. The molecule has 3 aromatic rings. The zero-order valence-electron chi connectivity index (χ0n) is 17.8. The van der Waals surface area contributed by atoms with Crippen LogP contribution in [0, 0.1) is 6.92 Å². The van der Waals surface area contributed by atoms with Gasteiger partial charge in [0.25, 0.3) is 0 Å². The molecule has 0 aromatic heterocycles. The molecule has 158 valence electrons. The van der Waals surface area contributed by atoms with Gasteiger partial charge in [-0.25, -0.2) is 4.79 Å². The van der Waals surface area contributed by atoms with E-state index in [1.807, 2.05) is 24.3 Å². The number of ether oxygens (including phenoxy) is 2. The van der Waals surface area contributed by atoms with E-state index in [4.69, 9.17) is 9.47 Å². The van der Waals surface area contributed by atoms with E-state index in [1.54, 1.807) is 6.92 Å². The van der Waals surface area contributed by atoms with Crippen molar-refractivity contribution in [2.24, 2.45) is 0 Å². The molecule has 0 radical (unpaired) electrons.